The van der Waals surface area contributed by atoms with E-state index in [1.807, 2.05) is 18.2 Å². The maximum Gasteiger partial charge on any atom is 0.258 e. The Bertz CT molecular complexity index is 948. The van der Waals surface area contributed by atoms with E-state index in [0.717, 1.165) is 22.0 Å². The molecule has 1 atom stereocenters. The van der Waals surface area contributed by atoms with Gasteiger partial charge in [0.25, 0.3) is 5.91 Å². The van der Waals surface area contributed by atoms with Gasteiger partial charge in [-0.25, -0.2) is 18.9 Å². The maximum atomic E-state index is 11.9. The summed E-state index contributed by atoms with van der Waals surface area (Å²) in [4.78, 5) is 19.4. The van der Waals surface area contributed by atoms with Crippen molar-refractivity contribution in [3.8, 4) is 11.1 Å². The molecule has 1 amide bonds. The zero-order chi connectivity index (χ0) is 15.1. The zero-order valence-corrected chi connectivity index (χ0v) is 11.9. The Morgan fingerprint density at radius 3 is 2.68 bits per heavy atom. The molecule has 0 aliphatic carbocycles. The van der Waals surface area contributed by atoms with E-state index >= 15 is 0 Å². The Morgan fingerprint density at radius 1 is 1.14 bits per heavy atom. The first kappa shape index (κ1) is 12.8. The molecule has 8 heteroatoms. The first-order chi connectivity index (χ1) is 10.7. The molecule has 3 heterocycles. The lowest BCUT2D eigenvalue weighted by atomic mass is 10.1. The minimum Gasteiger partial charge on any atom is -0.269 e. The SMILES string of the molecule is O=C1C=C(n2ncc3c(-c4cncnc4)cccc32)S(=O)N1. The van der Waals surface area contributed by atoms with Crippen LogP contribution in [0.5, 0.6) is 0 Å². The van der Waals surface area contributed by atoms with E-state index in [2.05, 4.69) is 19.8 Å². The number of nitrogens with zero attached hydrogens (tertiary/aromatic N) is 4. The summed E-state index contributed by atoms with van der Waals surface area (Å²) in [6.07, 6.45) is 7.88. The number of hydrogen-bond donors (Lipinski definition) is 1. The summed E-state index contributed by atoms with van der Waals surface area (Å²) >= 11 is 0. The maximum absolute atomic E-state index is 11.9. The van der Waals surface area contributed by atoms with Crippen LogP contribution in [0.1, 0.15) is 0 Å². The van der Waals surface area contributed by atoms with Crippen molar-refractivity contribution in [3.05, 3.63) is 49.2 Å². The Kier molecular flexibility index (Phi) is 2.83. The Morgan fingerprint density at radius 2 is 1.95 bits per heavy atom. The molecule has 1 unspecified atom stereocenters. The molecule has 108 valence electrons. The van der Waals surface area contributed by atoms with E-state index in [1.54, 1.807) is 18.6 Å². The fourth-order valence-electron chi connectivity index (χ4n) is 2.40. The molecule has 3 aromatic rings. The zero-order valence-electron chi connectivity index (χ0n) is 11.1. The van der Waals surface area contributed by atoms with Crippen LogP contribution in [0.15, 0.2) is 49.2 Å². The lowest BCUT2D eigenvalue weighted by molar-refractivity contribution is -0.114. The summed E-state index contributed by atoms with van der Waals surface area (Å²) in [5.41, 5.74) is 2.55. The molecule has 1 aromatic carbocycles. The van der Waals surface area contributed by atoms with Crippen LogP contribution in [0.4, 0.5) is 0 Å². The van der Waals surface area contributed by atoms with Gasteiger partial charge in [-0.3, -0.25) is 9.52 Å². The first-order valence-electron chi connectivity index (χ1n) is 6.40. The molecule has 7 nitrogen and oxygen atoms in total. The van der Waals surface area contributed by atoms with Gasteiger partial charge in [-0.1, -0.05) is 12.1 Å². The van der Waals surface area contributed by atoms with Crippen molar-refractivity contribution in [2.24, 2.45) is 0 Å². The number of amides is 1. The summed E-state index contributed by atoms with van der Waals surface area (Å²) < 4.78 is 15.7. The quantitative estimate of drug-likeness (QED) is 0.765. The highest BCUT2D eigenvalue weighted by Crippen LogP contribution is 2.29. The highest BCUT2D eigenvalue weighted by Gasteiger charge is 2.23. The number of carbonyl (C=O) groups excluding carboxylic acids is 1. The van der Waals surface area contributed by atoms with Gasteiger partial charge >= 0.3 is 0 Å². The van der Waals surface area contributed by atoms with Crippen LogP contribution < -0.4 is 4.72 Å². The van der Waals surface area contributed by atoms with E-state index in [-0.39, 0.29) is 5.91 Å². The number of fused-ring (bicyclic) bond motifs is 1. The van der Waals surface area contributed by atoms with Gasteiger partial charge in [0.05, 0.1) is 11.7 Å². The van der Waals surface area contributed by atoms with Gasteiger partial charge in [0.2, 0.25) is 0 Å². The average Bonchev–Trinajstić information content (AvgIpc) is 3.10. The van der Waals surface area contributed by atoms with Gasteiger partial charge in [0, 0.05) is 29.4 Å². The number of benzene rings is 1. The second-order valence-corrected chi connectivity index (χ2v) is 5.80. The standard InChI is InChI=1S/C14H9N5O2S/c20-13-4-14(22(21)18-13)19-12-3-1-2-10(11(12)7-17-19)9-5-15-8-16-6-9/h1-8H,(H,18,20). The second kappa shape index (κ2) is 4.85. The Hall–Kier alpha value is -2.87. The molecule has 0 spiro atoms. The molecule has 0 radical (unpaired) electrons. The molecule has 1 aliphatic heterocycles. The lowest BCUT2D eigenvalue weighted by Crippen LogP contribution is -2.17. The van der Waals surface area contributed by atoms with Gasteiger partial charge in [-0.15, -0.1) is 0 Å². The molecule has 1 N–H and O–H groups in total. The Balaban J connectivity index is 1.93. The summed E-state index contributed by atoms with van der Waals surface area (Å²) in [6.45, 7) is 0. The molecule has 2 aromatic heterocycles. The van der Waals surface area contributed by atoms with Gasteiger partial charge in [-0.05, 0) is 11.6 Å². The summed E-state index contributed by atoms with van der Waals surface area (Å²) in [5.74, 6) is -0.385. The van der Waals surface area contributed by atoms with Crippen molar-refractivity contribution in [2.75, 3.05) is 0 Å². The van der Waals surface area contributed by atoms with Crippen LogP contribution in [-0.2, 0) is 15.8 Å². The number of rotatable bonds is 2. The molecule has 0 saturated heterocycles. The minimum atomic E-state index is -1.59. The van der Waals surface area contributed by atoms with Crippen LogP contribution in [0, 0.1) is 0 Å². The fraction of sp³-hybridized carbons (Fsp3) is 0. The third-order valence-corrected chi connectivity index (χ3v) is 4.39. The third kappa shape index (κ3) is 1.92. The highest BCUT2D eigenvalue weighted by atomic mass is 32.2. The third-order valence-electron chi connectivity index (χ3n) is 3.33. The van der Waals surface area contributed by atoms with E-state index in [9.17, 15) is 9.00 Å². The van der Waals surface area contributed by atoms with Gasteiger partial charge < -0.3 is 0 Å². The van der Waals surface area contributed by atoms with Gasteiger partial charge in [-0.2, -0.15) is 5.10 Å². The summed E-state index contributed by atoms with van der Waals surface area (Å²) in [6, 6.07) is 5.67. The second-order valence-electron chi connectivity index (χ2n) is 4.64. The normalized spacial score (nSPS) is 17.5. The van der Waals surface area contributed by atoms with Crippen LogP contribution in [-0.4, -0.2) is 29.9 Å². The fourth-order valence-corrected chi connectivity index (χ4v) is 3.26. The smallest absolute Gasteiger partial charge is 0.258 e. The van der Waals surface area contributed by atoms with Gasteiger partial charge in [0.15, 0.2) is 16.0 Å². The van der Waals surface area contributed by atoms with Crippen LogP contribution >= 0.6 is 0 Å². The summed E-state index contributed by atoms with van der Waals surface area (Å²) in [5, 5.41) is 5.46. The predicted molar refractivity (Wildman–Crippen MR) is 81.3 cm³/mol. The van der Waals surface area contributed by atoms with Crippen molar-refractivity contribution < 1.29 is 9.00 Å². The monoisotopic (exact) mass is 311 g/mol. The van der Waals surface area contributed by atoms with Crippen molar-refractivity contribution in [3.63, 3.8) is 0 Å². The number of nitrogens with one attached hydrogen (secondary N) is 1. The molecule has 4 rings (SSSR count). The van der Waals surface area contributed by atoms with E-state index in [0.29, 0.717) is 5.03 Å². The highest BCUT2D eigenvalue weighted by molar-refractivity contribution is 7.93. The minimum absolute atomic E-state index is 0.321. The molecule has 22 heavy (non-hydrogen) atoms. The molecular formula is C14H9N5O2S. The van der Waals surface area contributed by atoms with E-state index in [4.69, 9.17) is 0 Å². The van der Waals surface area contributed by atoms with E-state index in [1.165, 1.54) is 17.1 Å². The first-order valence-corrected chi connectivity index (χ1v) is 7.55. The predicted octanol–water partition coefficient (Wildman–Crippen LogP) is 1.09. The number of aromatic nitrogens is 4. The van der Waals surface area contributed by atoms with Crippen LogP contribution in [0.2, 0.25) is 0 Å². The van der Waals surface area contributed by atoms with E-state index < -0.39 is 11.0 Å². The topological polar surface area (TPSA) is 89.8 Å². The molecule has 1 aliphatic rings. The van der Waals surface area contributed by atoms with Crippen LogP contribution in [0.25, 0.3) is 27.1 Å². The molecular weight excluding hydrogens is 302 g/mol. The largest absolute Gasteiger partial charge is 0.269 e. The van der Waals surface area contributed by atoms with Gasteiger partial charge in [0.1, 0.15) is 6.33 Å². The van der Waals surface area contributed by atoms with Crippen molar-refractivity contribution in [2.45, 2.75) is 0 Å². The van der Waals surface area contributed by atoms with Crippen LogP contribution in [0.3, 0.4) is 0 Å². The average molecular weight is 311 g/mol. The lowest BCUT2D eigenvalue weighted by Gasteiger charge is -2.05. The number of hydrogen-bond acceptors (Lipinski definition) is 5. The molecule has 0 fully saturated rings. The number of carbonyl (C=O) groups is 1. The van der Waals surface area contributed by atoms with Crippen molar-refractivity contribution in [1.29, 1.82) is 0 Å². The summed E-state index contributed by atoms with van der Waals surface area (Å²) in [7, 11) is -1.59. The van der Waals surface area contributed by atoms with Crippen molar-refractivity contribution in [1.82, 2.24) is 24.5 Å². The Labute approximate surface area is 127 Å². The molecule has 0 bridgehead atoms. The van der Waals surface area contributed by atoms with Crippen molar-refractivity contribution >= 4 is 32.8 Å². The molecule has 0 saturated carbocycles.